The highest BCUT2D eigenvalue weighted by Gasteiger charge is 2.42. The Labute approximate surface area is 152 Å². The normalized spacial score (nSPS) is 23.7. The van der Waals surface area contributed by atoms with Crippen LogP contribution in [0.1, 0.15) is 32.8 Å². The van der Waals surface area contributed by atoms with E-state index in [-0.39, 0.29) is 5.92 Å². The second-order valence-electron chi connectivity index (χ2n) is 6.39. The Kier molecular flexibility index (Phi) is 6.12. The molecule has 2 rings (SSSR count). The first-order valence-corrected chi connectivity index (χ1v) is 9.25. The van der Waals surface area contributed by atoms with E-state index >= 15 is 0 Å². The standard InChI is InChI=1S/C18H24ClN3OS/c1-11(15-7-16(19)9-21-8-15)5-12(2)18(10-24-17(20)22-18)13(3)6-14(4)23/h5,7-9,13-14,23H,2,6,10H2,1,3-4H3,(H2,20,22). The van der Waals surface area contributed by atoms with Gasteiger partial charge in [-0.3, -0.25) is 9.98 Å². The minimum Gasteiger partial charge on any atom is -0.393 e. The van der Waals surface area contributed by atoms with E-state index in [0.29, 0.717) is 16.6 Å². The Balaban J connectivity index is 2.34. The van der Waals surface area contributed by atoms with Crippen molar-refractivity contribution in [3.63, 3.8) is 0 Å². The van der Waals surface area contributed by atoms with Crippen molar-refractivity contribution in [1.82, 2.24) is 4.98 Å². The number of hydrogen-bond donors (Lipinski definition) is 2. The van der Waals surface area contributed by atoms with Gasteiger partial charge in [-0.05, 0) is 49.0 Å². The number of thioether (sulfide) groups is 1. The van der Waals surface area contributed by atoms with Crippen LogP contribution in [0.25, 0.3) is 5.57 Å². The third-order valence-corrected chi connectivity index (χ3v) is 5.54. The van der Waals surface area contributed by atoms with Gasteiger partial charge in [-0.25, -0.2) is 0 Å². The summed E-state index contributed by atoms with van der Waals surface area (Å²) in [5.41, 5.74) is 8.31. The van der Waals surface area contributed by atoms with Gasteiger partial charge in [0.05, 0.1) is 11.1 Å². The van der Waals surface area contributed by atoms with Gasteiger partial charge in [0, 0.05) is 18.1 Å². The van der Waals surface area contributed by atoms with Crippen molar-refractivity contribution in [2.75, 3.05) is 5.75 Å². The number of aromatic nitrogens is 1. The van der Waals surface area contributed by atoms with Crippen LogP contribution in [-0.4, -0.2) is 32.7 Å². The molecule has 0 radical (unpaired) electrons. The van der Waals surface area contributed by atoms with E-state index in [1.165, 1.54) is 11.8 Å². The smallest absolute Gasteiger partial charge is 0.154 e. The number of aliphatic hydroxyl groups excluding tert-OH is 1. The lowest BCUT2D eigenvalue weighted by atomic mass is 9.77. The first kappa shape index (κ1) is 19.0. The van der Waals surface area contributed by atoms with Gasteiger partial charge in [0.15, 0.2) is 5.17 Å². The van der Waals surface area contributed by atoms with Crippen molar-refractivity contribution in [2.45, 2.75) is 38.8 Å². The number of pyridine rings is 1. The highest BCUT2D eigenvalue weighted by Crippen LogP contribution is 2.41. The average molecular weight is 366 g/mol. The summed E-state index contributed by atoms with van der Waals surface area (Å²) in [5.74, 6) is 0.864. The van der Waals surface area contributed by atoms with Gasteiger partial charge >= 0.3 is 0 Å². The van der Waals surface area contributed by atoms with Crippen molar-refractivity contribution in [2.24, 2.45) is 16.6 Å². The Morgan fingerprint density at radius 3 is 2.79 bits per heavy atom. The summed E-state index contributed by atoms with van der Waals surface area (Å²) in [4.78, 5) is 8.82. The number of hydrogen-bond acceptors (Lipinski definition) is 5. The van der Waals surface area contributed by atoms with E-state index in [9.17, 15) is 5.11 Å². The third kappa shape index (κ3) is 4.21. The predicted molar refractivity (Wildman–Crippen MR) is 104 cm³/mol. The van der Waals surface area contributed by atoms with Gasteiger partial charge in [-0.1, -0.05) is 42.9 Å². The van der Waals surface area contributed by atoms with Crippen LogP contribution >= 0.6 is 23.4 Å². The Morgan fingerprint density at radius 1 is 1.54 bits per heavy atom. The van der Waals surface area contributed by atoms with Crippen LogP contribution in [0.5, 0.6) is 0 Å². The summed E-state index contributed by atoms with van der Waals surface area (Å²) < 4.78 is 0. The Morgan fingerprint density at radius 2 is 2.25 bits per heavy atom. The van der Waals surface area contributed by atoms with E-state index < -0.39 is 11.6 Å². The molecule has 0 aliphatic carbocycles. The third-order valence-electron chi connectivity index (χ3n) is 4.37. The number of nitrogens with two attached hydrogens (primary N) is 1. The minimum atomic E-state index is -0.487. The second kappa shape index (κ2) is 7.72. The average Bonchev–Trinajstić information content (AvgIpc) is 2.90. The molecule has 0 saturated carbocycles. The fourth-order valence-corrected chi connectivity index (χ4v) is 4.29. The molecule has 1 aromatic rings. The molecular formula is C18H24ClN3OS. The number of nitrogens with zero attached hydrogens (tertiary/aromatic N) is 2. The lowest BCUT2D eigenvalue weighted by Crippen LogP contribution is -2.38. The summed E-state index contributed by atoms with van der Waals surface area (Å²) >= 11 is 7.56. The summed E-state index contributed by atoms with van der Waals surface area (Å²) in [7, 11) is 0. The van der Waals surface area contributed by atoms with Gasteiger partial charge in [0.25, 0.3) is 0 Å². The van der Waals surface area contributed by atoms with Gasteiger partial charge in [-0.15, -0.1) is 0 Å². The highest BCUT2D eigenvalue weighted by molar-refractivity contribution is 8.14. The quantitative estimate of drug-likeness (QED) is 0.750. The first-order valence-electron chi connectivity index (χ1n) is 7.89. The molecule has 1 aliphatic rings. The Hall–Kier alpha value is -1.30. The maximum absolute atomic E-state index is 9.78. The van der Waals surface area contributed by atoms with Gasteiger partial charge in [0.1, 0.15) is 5.54 Å². The van der Waals surface area contributed by atoms with Gasteiger partial charge in [0.2, 0.25) is 0 Å². The fourth-order valence-electron chi connectivity index (χ4n) is 2.98. The van der Waals surface area contributed by atoms with Crippen LogP contribution in [0, 0.1) is 5.92 Å². The maximum atomic E-state index is 9.78. The monoisotopic (exact) mass is 365 g/mol. The molecule has 130 valence electrons. The largest absolute Gasteiger partial charge is 0.393 e. The number of aliphatic hydroxyl groups is 1. The van der Waals surface area contributed by atoms with Crippen molar-refractivity contribution in [1.29, 1.82) is 0 Å². The van der Waals surface area contributed by atoms with Crippen LogP contribution in [0.4, 0.5) is 0 Å². The van der Waals surface area contributed by atoms with Crippen LogP contribution in [0.15, 0.2) is 41.7 Å². The summed E-state index contributed by atoms with van der Waals surface area (Å²) in [5, 5.41) is 11.0. The summed E-state index contributed by atoms with van der Waals surface area (Å²) in [6.45, 7) is 10.2. The van der Waals surface area contributed by atoms with Crippen LogP contribution in [-0.2, 0) is 0 Å². The van der Waals surface area contributed by atoms with Crippen molar-refractivity contribution < 1.29 is 5.11 Å². The highest BCUT2D eigenvalue weighted by atomic mass is 35.5. The molecule has 1 aliphatic heterocycles. The fraction of sp³-hybridized carbons (Fsp3) is 0.444. The number of aliphatic imine (C=N–C) groups is 1. The minimum absolute atomic E-state index is 0.125. The van der Waals surface area contributed by atoms with Crippen LogP contribution in [0.2, 0.25) is 5.02 Å². The zero-order chi connectivity index (χ0) is 17.9. The van der Waals surface area contributed by atoms with E-state index in [2.05, 4.69) is 18.5 Å². The molecule has 3 atom stereocenters. The summed E-state index contributed by atoms with van der Waals surface area (Å²) in [6, 6.07) is 1.88. The lowest BCUT2D eigenvalue weighted by molar-refractivity contribution is 0.149. The first-order chi connectivity index (χ1) is 11.2. The van der Waals surface area contributed by atoms with Crippen molar-refractivity contribution in [3.05, 3.63) is 47.3 Å². The van der Waals surface area contributed by atoms with Crippen LogP contribution in [0.3, 0.4) is 0 Å². The molecule has 0 spiro atoms. The van der Waals surface area contributed by atoms with E-state index in [1.807, 2.05) is 19.1 Å². The molecule has 0 amide bonds. The van der Waals surface area contributed by atoms with Crippen molar-refractivity contribution in [3.8, 4) is 0 Å². The molecular weight excluding hydrogens is 342 g/mol. The van der Waals surface area contributed by atoms with Gasteiger partial charge < -0.3 is 10.8 Å². The number of amidine groups is 1. The van der Waals surface area contributed by atoms with Crippen molar-refractivity contribution >= 4 is 34.1 Å². The molecule has 24 heavy (non-hydrogen) atoms. The second-order valence-corrected chi connectivity index (χ2v) is 7.83. The molecule has 0 aromatic carbocycles. The molecule has 1 aromatic heterocycles. The van der Waals surface area contributed by atoms with Crippen LogP contribution < -0.4 is 5.73 Å². The topological polar surface area (TPSA) is 71.5 Å². The predicted octanol–water partition coefficient (Wildman–Crippen LogP) is 3.90. The zero-order valence-electron chi connectivity index (χ0n) is 14.3. The van der Waals surface area contributed by atoms with E-state index in [4.69, 9.17) is 22.3 Å². The number of rotatable bonds is 6. The Bertz CT molecular complexity index is 687. The SMILES string of the molecule is C=C(C=C(C)c1cncc(Cl)c1)C1(C(C)CC(C)O)CSC(N)=N1. The molecule has 0 fully saturated rings. The molecule has 0 saturated heterocycles. The van der Waals surface area contributed by atoms with E-state index in [1.54, 1.807) is 19.3 Å². The summed E-state index contributed by atoms with van der Waals surface area (Å²) in [6.07, 6.45) is 5.65. The number of halogens is 1. The lowest BCUT2D eigenvalue weighted by Gasteiger charge is -2.34. The zero-order valence-corrected chi connectivity index (χ0v) is 15.9. The molecule has 3 N–H and O–H groups in total. The molecule has 2 heterocycles. The van der Waals surface area contributed by atoms with E-state index in [0.717, 1.165) is 22.5 Å². The number of allylic oxidation sites excluding steroid dienone is 1. The maximum Gasteiger partial charge on any atom is 0.154 e. The molecule has 3 unspecified atom stereocenters. The molecule has 4 nitrogen and oxygen atoms in total. The molecule has 0 bridgehead atoms. The molecule has 6 heteroatoms. The van der Waals surface area contributed by atoms with Gasteiger partial charge in [-0.2, -0.15) is 0 Å².